The quantitative estimate of drug-likeness (QED) is 0.254. The van der Waals surface area contributed by atoms with Gasteiger partial charge in [0, 0.05) is 36.7 Å². The molecule has 1 saturated heterocycles. The Labute approximate surface area is 228 Å². The van der Waals surface area contributed by atoms with Crippen LogP contribution in [0.15, 0.2) is 47.3 Å². The third-order valence-electron chi connectivity index (χ3n) is 6.30. The van der Waals surface area contributed by atoms with Crippen LogP contribution in [0.5, 0.6) is 0 Å². The fourth-order valence-electron chi connectivity index (χ4n) is 4.45. The summed E-state index contributed by atoms with van der Waals surface area (Å²) in [6.45, 7) is 0.756. The Hall–Kier alpha value is -4.33. The van der Waals surface area contributed by atoms with Crippen molar-refractivity contribution in [3.05, 3.63) is 58.8 Å². The average molecular weight is 599 g/mol. The van der Waals surface area contributed by atoms with Crippen molar-refractivity contribution >= 4 is 56.2 Å². The number of ketones is 1. The number of hydrogen-bond donors (Lipinski definition) is 2. The summed E-state index contributed by atoms with van der Waals surface area (Å²) in [6, 6.07) is 6.48. The lowest BCUT2D eigenvalue weighted by molar-refractivity contribution is -0.137. The number of benzene rings is 1. The van der Waals surface area contributed by atoms with Crippen LogP contribution in [0.3, 0.4) is 0 Å². The van der Waals surface area contributed by atoms with Gasteiger partial charge in [-0.15, -0.1) is 0 Å². The van der Waals surface area contributed by atoms with E-state index in [-0.39, 0.29) is 47.4 Å². The van der Waals surface area contributed by atoms with Gasteiger partial charge in [0.15, 0.2) is 11.6 Å². The van der Waals surface area contributed by atoms with Crippen molar-refractivity contribution in [3.8, 4) is 11.1 Å². The average Bonchev–Trinajstić information content (AvgIpc) is 3.47. The third kappa shape index (κ3) is 5.32. The maximum Gasteiger partial charge on any atom is 0.248 e. The number of halogens is 3. The summed E-state index contributed by atoms with van der Waals surface area (Å²) in [5.41, 5.74) is 7.61. The molecular formula is C25H21BrF2N8O3. The van der Waals surface area contributed by atoms with Gasteiger partial charge in [-0.1, -0.05) is 6.07 Å². The number of likely N-dealkylation sites (tertiary alicyclic amines) is 1. The summed E-state index contributed by atoms with van der Waals surface area (Å²) < 4.78 is 29.1. The molecule has 2 atom stereocenters. The first kappa shape index (κ1) is 26.3. The summed E-state index contributed by atoms with van der Waals surface area (Å²) in [7, 11) is 0. The standard InChI is InChI=1S/C25H21BrF2N8O3/c1-12(37)22-16-6-13(14-8-30-25(29)31-9-14)2-4-18(16)36(34-22)11-21(38)35-10-15(27)7-19(35)24(39)33-20-5-3-17(28)23(26)32-20/h2-6,8-9,15,19H,7,10-11H2,1H3,(H2,29,30,31)(H,32,33,39)/t15-,19+/m1/s1. The van der Waals surface area contributed by atoms with Gasteiger partial charge < -0.3 is 16.0 Å². The number of pyridine rings is 1. The van der Waals surface area contributed by atoms with E-state index in [9.17, 15) is 23.2 Å². The molecule has 0 spiro atoms. The number of Topliss-reactive ketones (excluding diaryl/α,β-unsaturated/α-hetero) is 1. The van der Waals surface area contributed by atoms with Crippen molar-refractivity contribution in [1.29, 1.82) is 0 Å². The molecule has 14 heteroatoms. The number of nitrogens with one attached hydrogen (secondary N) is 1. The first-order chi connectivity index (χ1) is 18.6. The number of nitrogens with zero attached hydrogens (tertiary/aromatic N) is 6. The Morgan fingerprint density at radius 2 is 1.90 bits per heavy atom. The van der Waals surface area contributed by atoms with Crippen molar-refractivity contribution in [3.63, 3.8) is 0 Å². The van der Waals surface area contributed by atoms with Crippen molar-refractivity contribution in [1.82, 2.24) is 29.6 Å². The molecule has 1 aliphatic heterocycles. The number of nitrogen functional groups attached to an aromatic ring is 1. The maximum atomic E-state index is 14.4. The number of rotatable bonds is 6. The van der Waals surface area contributed by atoms with Crippen LogP contribution >= 0.6 is 15.9 Å². The van der Waals surface area contributed by atoms with Crippen LogP contribution in [0.1, 0.15) is 23.8 Å². The topological polar surface area (TPSA) is 149 Å². The fourth-order valence-corrected chi connectivity index (χ4v) is 4.77. The van der Waals surface area contributed by atoms with Crippen molar-refractivity contribution in [2.75, 3.05) is 17.6 Å². The molecule has 1 aliphatic rings. The van der Waals surface area contributed by atoms with Gasteiger partial charge in [0.05, 0.1) is 12.1 Å². The highest BCUT2D eigenvalue weighted by Gasteiger charge is 2.40. The Kier molecular flexibility index (Phi) is 7.04. The molecule has 39 heavy (non-hydrogen) atoms. The second-order valence-corrected chi connectivity index (χ2v) is 9.73. The van der Waals surface area contributed by atoms with E-state index >= 15 is 0 Å². The number of hydrogen-bond acceptors (Lipinski definition) is 8. The number of alkyl halides is 1. The fraction of sp³-hybridized carbons (Fsp3) is 0.240. The molecule has 3 aromatic heterocycles. The number of carbonyl (C=O) groups excluding carboxylic acids is 3. The zero-order chi connectivity index (χ0) is 27.8. The van der Waals surface area contributed by atoms with E-state index in [0.29, 0.717) is 22.0 Å². The second-order valence-electron chi connectivity index (χ2n) is 8.98. The number of amides is 2. The molecule has 0 saturated carbocycles. The van der Waals surface area contributed by atoms with Gasteiger partial charge >= 0.3 is 0 Å². The first-order valence-corrected chi connectivity index (χ1v) is 12.6. The van der Waals surface area contributed by atoms with E-state index in [1.54, 1.807) is 30.6 Å². The van der Waals surface area contributed by atoms with Gasteiger partial charge in [-0.25, -0.2) is 23.7 Å². The second kappa shape index (κ2) is 10.4. The molecule has 0 bridgehead atoms. The highest BCUT2D eigenvalue weighted by Crippen LogP contribution is 2.28. The summed E-state index contributed by atoms with van der Waals surface area (Å²) in [6.07, 6.45) is 1.49. The third-order valence-corrected chi connectivity index (χ3v) is 6.86. The summed E-state index contributed by atoms with van der Waals surface area (Å²) >= 11 is 2.95. The van der Waals surface area contributed by atoms with Crippen LogP contribution in [-0.2, 0) is 16.1 Å². The van der Waals surface area contributed by atoms with Gasteiger partial charge in [0.25, 0.3) is 0 Å². The largest absolute Gasteiger partial charge is 0.368 e. The van der Waals surface area contributed by atoms with Crippen molar-refractivity contribution < 1.29 is 23.2 Å². The molecular weight excluding hydrogens is 578 g/mol. The van der Waals surface area contributed by atoms with E-state index in [0.717, 1.165) is 11.0 Å². The predicted molar refractivity (Wildman–Crippen MR) is 141 cm³/mol. The Bertz CT molecular complexity index is 1610. The van der Waals surface area contributed by atoms with E-state index in [1.807, 2.05) is 0 Å². The van der Waals surface area contributed by atoms with Crippen LogP contribution in [0.2, 0.25) is 0 Å². The molecule has 4 aromatic rings. The van der Waals surface area contributed by atoms with Gasteiger partial charge in [0.2, 0.25) is 17.8 Å². The molecule has 0 unspecified atom stereocenters. The van der Waals surface area contributed by atoms with Gasteiger partial charge in [-0.3, -0.25) is 19.1 Å². The maximum absolute atomic E-state index is 14.4. The Morgan fingerprint density at radius 1 is 1.15 bits per heavy atom. The van der Waals surface area contributed by atoms with Crippen molar-refractivity contribution in [2.24, 2.45) is 0 Å². The molecule has 11 nitrogen and oxygen atoms in total. The predicted octanol–water partition coefficient (Wildman–Crippen LogP) is 3.15. The Morgan fingerprint density at radius 3 is 2.59 bits per heavy atom. The van der Waals surface area contributed by atoms with Crippen LogP contribution < -0.4 is 11.1 Å². The van der Waals surface area contributed by atoms with Gasteiger partial charge in [-0.2, -0.15) is 5.10 Å². The Balaban J connectivity index is 1.40. The smallest absolute Gasteiger partial charge is 0.248 e. The SMILES string of the molecule is CC(=O)c1nn(CC(=O)N2C[C@H](F)C[C@H]2C(=O)Nc2ccc(F)c(Br)n2)c2ccc(-c3cnc(N)nc3)cc12. The number of carbonyl (C=O) groups is 3. The lowest BCUT2D eigenvalue weighted by atomic mass is 10.0. The molecule has 5 rings (SSSR count). The number of anilines is 2. The first-order valence-electron chi connectivity index (χ1n) is 11.8. The number of fused-ring (bicyclic) bond motifs is 1. The summed E-state index contributed by atoms with van der Waals surface area (Å²) in [5, 5.41) is 7.36. The molecule has 2 amide bonds. The normalized spacial score (nSPS) is 17.0. The monoisotopic (exact) mass is 598 g/mol. The van der Waals surface area contributed by atoms with Crippen LogP contribution in [0, 0.1) is 5.82 Å². The van der Waals surface area contributed by atoms with Crippen LogP contribution in [-0.4, -0.2) is 66.0 Å². The molecule has 0 radical (unpaired) electrons. The summed E-state index contributed by atoms with van der Waals surface area (Å²) in [4.78, 5) is 51.6. The minimum absolute atomic E-state index is 0.0504. The molecule has 1 aromatic carbocycles. The van der Waals surface area contributed by atoms with Crippen molar-refractivity contribution in [2.45, 2.75) is 32.1 Å². The zero-order valence-electron chi connectivity index (χ0n) is 20.4. The number of nitrogens with two attached hydrogens (primary N) is 1. The molecule has 4 heterocycles. The highest BCUT2D eigenvalue weighted by molar-refractivity contribution is 9.10. The summed E-state index contributed by atoms with van der Waals surface area (Å²) in [5.74, 6) is -1.95. The minimum atomic E-state index is -1.41. The lowest BCUT2D eigenvalue weighted by Crippen LogP contribution is -2.44. The highest BCUT2D eigenvalue weighted by atomic mass is 79.9. The van der Waals surface area contributed by atoms with Gasteiger partial charge in [-0.05, 0) is 45.8 Å². The molecule has 0 aliphatic carbocycles. The molecule has 3 N–H and O–H groups in total. The van der Waals surface area contributed by atoms with Crippen LogP contribution in [0.25, 0.3) is 22.0 Å². The molecule has 1 fully saturated rings. The minimum Gasteiger partial charge on any atom is -0.368 e. The van der Waals surface area contributed by atoms with Crippen LogP contribution in [0.4, 0.5) is 20.5 Å². The number of aromatic nitrogens is 5. The van der Waals surface area contributed by atoms with E-state index < -0.39 is 29.8 Å². The zero-order valence-corrected chi connectivity index (χ0v) is 22.0. The van der Waals surface area contributed by atoms with Gasteiger partial charge in [0.1, 0.15) is 34.9 Å². The lowest BCUT2D eigenvalue weighted by Gasteiger charge is -2.23. The van der Waals surface area contributed by atoms with E-state index in [2.05, 4.69) is 41.3 Å². The van der Waals surface area contributed by atoms with E-state index in [4.69, 9.17) is 5.73 Å². The van der Waals surface area contributed by atoms with E-state index in [1.165, 1.54) is 17.7 Å². The molecule has 200 valence electrons.